The van der Waals surface area contributed by atoms with Crippen LogP contribution in [0.2, 0.25) is 0 Å². The van der Waals surface area contributed by atoms with Crippen LogP contribution in [0.25, 0.3) is 0 Å². The lowest BCUT2D eigenvalue weighted by Crippen LogP contribution is -2.55. The molecule has 0 bridgehead atoms. The van der Waals surface area contributed by atoms with Gasteiger partial charge in [0, 0.05) is 5.69 Å². The zero-order valence-corrected chi connectivity index (χ0v) is 17.0. The molecule has 1 aromatic heterocycles. The standard InChI is InChI=1S/C24H26N2O3/c1-17(2)16-29-19-12-10-18(11-13-19)24(3)25-22-9-5-4-8-21(22)23(27)26(24)15-20-7-6-14-28-20/h4-14,17,25H,15-16H2,1-3H3. The molecule has 2 aromatic carbocycles. The number of furan rings is 1. The molecule has 1 aliphatic heterocycles. The van der Waals surface area contributed by atoms with E-state index in [4.69, 9.17) is 9.15 Å². The highest BCUT2D eigenvalue weighted by molar-refractivity contribution is 6.02. The molecule has 0 fully saturated rings. The van der Waals surface area contributed by atoms with E-state index in [1.807, 2.05) is 72.5 Å². The van der Waals surface area contributed by atoms with Gasteiger partial charge in [-0.05, 0) is 54.8 Å². The topological polar surface area (TPSA) is 54.7 Å². The number of carbonyl (C=O) groups excluding carboxylic acids is 1. The van der Waals surface area contributed by atoms with Crippen LogP contribution in [-0.4, -0.2) is 17.4 Å². The summed E-state index contributed by atoms with van der Waals surface area (Å²) in [7, 11) is 0. The number of fused-ring (bicyclic) bond motifs is 1. The van der Waals surface area contributed by atoms with Crippen LogP contribution >= 0.6 is 0 Å². The third-order valence-electron chi connectivity index (χ3n) is 5.21. The number of carbonyl (C=O) groups is 1. The molecule has 0 saturated carbocycles. The molecular formula is C24H26N2O3. The van der Waals surface area contributed by atoms with Crippen LogP contribution in [0.3, 0.4) is 0 Å². The first-order valence-electron chi connectivity index (χ1n) is 9.92. The molecule has 4 rings (SSSR count). The van der Waals surface area contributed by atoms with Crippen LogP contribution < -0.4 is 10.1 Å². The molecule has 3 aromatic rings. The molecule has 0 radical (unpaired) electrons. The van der Waals surface area contributed by atoms with Crippen molar-refractivity contribution >= 4 is 11.6 Å². The highest BCUT2D eigenvalue weighted by atomic mass is 16.5. The van der Waals surface area contributed by atoms with E-state index in [0.717, 1.165) is 22.8 Å². The molecule has 1 unspecified atom stereocenters. The van der Waals surface area contributed by atoms with Gasteiger partial charge >= 0.3 is 0 Å². The zero-order chi connectivity index (χ0) is 20.4. The first kappa shape index (κ1) is 19.1. The maximum atomic E-state index is 13.4. The predicted octanol–water partition coefficient (Wildman–Crippen LogP) is 5.26. The average molecular weight is 390 g/mol. The van der Waals surface area contributed by atoms with Gasteiger partial charge in [-0.3, -0.25) is 4.79 Å². The first-order chi connectivity index (χ1) is 14.0. The highest BCUT2D eigenvalue weighted by Gasteiger charge is 2.42. The number of hydrogen-bond acceptors (Lipinski definition) is 4. The minimum atomic E-state index is -0.727. The number of ether oxygens (including phenoxy) is 1. The summed E-state index contributed by atoms with van der Waals surface area (Å²) in [6, 6.07) is 19.3. The number of hydrogen-bond donors (Lipinski definition) is 1. The summed E-state index contributed by atoms with van der Waals surface area (Å²) in [6.07, 6.45) is 1.63. The maximum Gasteiger partial charge on any atom is 0.258 e. The van der Waals surface area contributed by atoms with Gasteiger partial charge in [-0.1, -0.05) is 38.1 Å². The van der Waals surface area contributed by atoms with Crippen molar-refractivity contribution in [3.05, 3.63) is 83.8 Å². The van der Waals surface area contributed by atoms with E-state index >= 15 is 0 Å². The Labute approximate surface area is 171 Å². The zero-order valence-electron chi connectivity index (χ0n) is 17.0. The predicted molar refractivity (Wildman–Crippen MR) is 113 cm³/mol. The number of benzene rings is 2. The van der Waals surface area contributed by atoms with Crippen molar-refractivity contribution in [1.29, 1.82) is 0 Å². The lowest BCUT2D eigenvalue weighted by atomic mass is 9.93. The first-order valence-corrected chi connectivity index (χ1v) is 9.92. The smallest absolute Gasteiger partial charge is 0.258 e. The monoisotopic (exact) mass is 390 g/mol. The number of para-hydroxylation sites is 1. The quantitative estimate of drug-likeness (QED) is 0.624. The van der Waals surface area contributed by atoms with Crippen LogP contribution in [0.5, 0.6) is 5.75 Å². The molecule has 1 atom stereocenters. The number of nitrogens with one attached hydrogen (secondary N) is 1. The summed E-state index contributed by atoms with van der Waals surface area (Å²) in [4.78, 5) is 15.2. The summed E-state index contributed by atoms with van der Waals surface area (Å²) in [5, 5.41) is 3.57. The molecule has 1 N–H and O–H groups in total. The fourth-order valence-electron chi connectivity index (χ4n) is 3.61. The van der Waals surface area contributed by atoms with Gasteiger partial charge in [0.1, 0.15) is 17.2 Å². The lowest BCUT2D eigenvalue weighted by molar-refractivity contribution is 0.0487. The van der Waals surface area contributed by atoms with Crippen molar-refractivity contribution in [2.45, 2.75) is 33.0 Å². The van der Waals surface area contributed by atoms with Crippen molar-refractivity contribution in [2.75, 3.05) is 11.9 Å². The Bertz CT molecular complexity index is 980. The van der Waals surface area contributed by atoms with E-state index in [1.165, 1.54) is 0 Å². The van der Waals surface area contributed by atoms with Crippen molar-refractivity contribution in [2.24, 2.45) is 5.92 Å². The summed E-state index contributed by atoms with van der Waals surface area (Å²) in [5.41, 5.74) is 1.74. The molecule has 5 heteroatoms. The Morgan fingerprint density at radius 2 is 1.83 bits per heavy atom. The summed E-state index contributed by atoms with van der Waals surface area (Å²) >= 11 is 0. The van der Waals surface area contributed by atoms with Gasteiger partial charge in [0.05, 0.1) is 25.0 Å². The van der Waals surface area contributed by atoms with Gasteiger partial charge in [-0.2, -0.15) is 0 Å². The highest BCUT2D eigenvalue weighted by Crippen LogP contribution is 2.39. The van der Waals surface area contributed by atoms with E-state index < -0.39 is 5.66 Å². The number of nitrogens with zero attached hydrogens (tertiary/aromatic N) is 1. The van der Waals surface area contributed by atoms with Crippen molar-refractivity contribution in [3.63, 3.8) is 0 Å². The Morgan fingerprint density at radius 3 is 2.52 bits per heavy atom. The molecule has 0 saturated heterocycles. The van der Waals surface area contributed by atoms with E-state index in [-0.39, 0.29) is 5.91 Å². The molecule has 2 heterocycles. The van der Waals surface area contributed by atoms with Gasteiger partial charge in [-0.15, -0.1) is 0 Å². The Balaban J connectivity index is 1.70. The van der Waals surface area contributed by atoms with Gasteiger partial charge in [0.25, 0.3) is 5.91 Å². The van der Waals surface area contributed by atoms with Crippen LogP contribution in [0.4, 0.5) is 5.69 Å². The fourth-order valence-corrected chi connectivity index (χ4v) is 3.61. The normalized spacial score (nSPS) is 18.5. The average Bonchev–Trinajstić information content (AvgIpc) is 3.23. The summed E-state index contributed by atoms with van der Waals surface area (Å²) in [5.74, 6) is 2.00. The Kier molecular flexibility index (Phi) is 5.05. The van der Waals surface area contributed by atoms with Gasteiger partial charge in [0.2, 0.25) is 0 Å². The molecule has 0 spiro atoms. The molecule has 150 valence electrons. The van der Waals surface area contributed by atoms with Crippen molar-refractivity contribution < 1.29 is 13.9 Å². The molecule has 29 heavy (non-hydrogen) atoms. The molecule has 1 amide bonds. The van der Waals surface area contributed by atoms with E-state index in [2.05, 4.69) is 19.2 Å². The van der Waals surface area contributed by atoms with E-state index in [9.17, 15) is 4.79 Å². The van der Waals surface area contributed by atoms with Crippen LogP contribution in [0.15, 0.2) is 71.3 Å². The SMILES string of the molecule is CC(C)COc1ccc(C2(C)Nc3ccccc3C(=O)N2Cc2ccco2)cc1. The Hall–Kier alpha value is -3.21. The van der Waals surface area contributed by atoms with Crippen molar-refractivity contribution in [3.8, 4) is 5.75 Å². The van der Waals surface area contributed by atoms with Gasteiger partial charge < -0.3 is 19.4 Å². The largest absolute Gasteiger partial charge is 0.493 e. The van der Waals surface area contributed by atoms with Crippen LogP contribution in [0.1, 0.15) is 42.5 Å². The molecule has 1 aliphatic rings. The molecule has 0 aliphatic carbocycles. The van der Waals surface area contributed by atoms with Crippen molar-refractivity contribution in [1.82, 2.24) is 4.90 Å². The van der Waals surface area contributed by atoms with Gasteiger partial charge in [-0.25, -0.2) is 0 Å². The third-order valence-corrected chi connectivity index (χ3v) is 5.21. The minimum absolute atomic E-state index is 0.0293. The third kappa shape index (κ3) is 3.73. The van der Waals surface area contributed by atoms with Crippen LogP contribution in [0, 0.1) is 5.92 Å². The Morgan fingerprint density at radius 1 is 1.07 bits per heavy atom. The number of anilines is 1. The summed E-state index contributed by atoms with van der Waals surface area (Å²) < 4.78 is 11.3. The van der Waals surface area contributed by atoms with Crippen LogP contribution in [-0.2, 0) is 12.2 Å². The molecule has 5 nitrogen and oxygen atoms in total. The second-order valence-electron chi connectivity index (χ2n) is 7.94. The lowest BCUT2D eigenvalue weighted by Gasteiger charge is -2.46. The number of amides is 1. The second-order valence-corrected chi connectivity index (χ2v) is 7.94. The molecular weight excluding hydrogens is 364 g/mol. The summed E-state index contributed by atoms with van der Waals surface area (Å²) in [6.45, 7) is 7.31. The van der Waals surface area contributed by atoms with E-state index in [1.54, 1.807) is 6.26 Å². The fraction of sp³-hybridized carbons (Fsp3) is 0.292. The minimum Gasteiger partial charge on any atom is -0.493 e. The number of rotatable bonds is 6. The second kappa shape index (κ2) is 7.66. The maximum absolute atomic E-state index is 13.4. The van der Waals surface area contributed by atoms with E-state index in [0.29, 0.717) is 24.6 Å². The van der Waals surface area contributed by atoms with Gasteiger partial charge in [0.15, 0.2) is 0 Å².